The van der Waals surface area contributed by atoms with Crippen LogP contribution in [0.1, 0.15) is 26.2 Å². The molecule has 4 nitrogen and oxygen atoms in total. The van der Waals surface area contributed by atoms with Crippen molar-refractivity contribution in [1.29, 1.82) is 0 Å². The number of ether oxygens (including phenoxy) is 2. The summed E-state index contributed by atoms with van der Waals surface area (Å²) in [6, 6.07) is 0. The average Bonchev–Trinajstić information content (AvgIpc) is 2.37. The Balaban J connectivity index is 2.35. The largest absolute Gasteiger partial charge is 0.355 e. The van der Waals surface area contributed by atoms with Gasteiger partial charge in [0.15, 0.2) is 6.29 Å². The van der Waals surface area contributed by atoms with Crippen molar-refractivity contribution in [3.05, 3.63) is 0 Å². The molecule has 1 aliphatic heterocycles. The number of rotatable bonds is 8. The molecular formula is C13H28N2O2. The zero-order valence-electron chi connectivity index (χ0n) is 11.6. The highest BCUT2D eigenvalue weighted by Crippen LogP contribution is 2.12. The molecule has 1 fully saturated rings. The number of nitrogens with zero attached hydrogens (tertiary/aromatic N) is 1. The summed E-state index contributed by atoms with van der Waals surface area (Å²) >= 11 is 0. The molecule has 0 spiro atoms. The second kappa shape index (κ2) is 8.86. The highest BCUT2D eigenvalue weighted by Gasteiger charge is 2.19. The SMILES string of the molecule is CCCN(CC1CCCNC1)CC(OC)OC. The first-order valence-corrected chi connectivity index (χ1v) is 6.78. The van der Waals surface area contributed by atoms with E-state index in [0.717, 1.165) is 32.1 Å². The second-order valence-corrected chi connectivity index (χ2v) is 4.87. The summed E-state index contributed by atoms with van der Waals surface area (Å²) in [4.78, 5) is 2.47. The van der Waals surface area contributed by atoms with Crippen LogP contribution in [0.2, 0.25) is 0 Å². The van der Waals surface area contributed by atoms with E-state index < -0.39 is 0 Å². The molecular weight excluding hydrogens is 216 g/mol. The molecule has 0 radical (unpaired) electrons. The van der Waals surface area contributed by atoms with Crippen LogP contribution in [0, 0.1) is 5.92 Å². The highest BCUT2D eigenvalue weighted by atomic mass is 16.7. The predicted octanol–water partition coefficient (Wildman–Crippen LogP) is 1.32. The van der Waals surface area contributed by atoms with Gasteiger partial charge in [0.05, 0.1) is 0 Å². The van der Waals surface area contributed by atoms with E-state index in [-0.39, 0.29) is 6.29 Å². The maximum absolute atomic E-state index is 5.29. The highest BCUT2D eigenvalue weighted by molar-refractivity contribution is 4.73. The summed E-state index contributed by atoms with van der Waals surface area (Å²) in [6.07, 6.45) is 3.74. The lowest BCUT2D eigenvalue weighted by molar-refractivity contribution is -0.117. The summed E-state index contributed by atoms with van der Waals surface area (Å²) in [5.41, 5.74) is 0. The molecule has 1 unspecified atom stereocenters. The van der Waals surface area contributed by atoms with Gasteiger partial charge in [0, 0.05) is 27.3 Å². The molecule has 0 aromatic heterocycles. The van der Waals surface area contributed by atoms with Crippen LogP contribution in [0.4, 0.5) is 0 Å². The van der Waals surface area contributed by atoms with E-state index in [0.29, 0.717) is 0 Å². The van der Waals surface area contributed by atoms with E-state index in [1.54, 1.807) is 14.2 Å². The first-order valence-electron chi connectivity index (χ1n) is 6.78. The molecule has 0 aromatic rings. The monoisotopic (exact) mass is 244 g/mol. The van der Waals surface area contributed by atoms with Gasteiger partial charge in [-0.15, -0.1) is 0 Å². The first kappa shape index (κ1) is 14.9. The molecule has 1 heterocycles. The molecule has 4 heteroatoms. The van der Waals surface area contributed by atoms with Crippen molar-refractivity contribution >= 4 is 0 Å². The van der Waals surface area contributed by atoms with Gasteiger partial charge in [0.25, 0.3) is 0 Å². The third-order valence-electron chi connectivity index (χ3n) is 3.39. The Bertz CT molecular complexity index is 180. The van der Waals surface area contributed by atoms with Crippen molar-refractivity contribution < 1.29 is 9.47 Å². The van der Waals surface area contributed by atoms with Gasteiger partial charge in [-0.25, -0.2) is 0 Å². The molecule has 0 aliphatic carbocycles. The Kier molecular flexibility index (Phi) is 7.77. The lowest BCUT2D eigenvalue weighted by Gasteiger charge is -2.31. The summed E-state index contributed by atoms with van der Waals surface area (Å²) in [5.74, 6) is 0.782. The van der Waals surface area contributed by atoms with Crippen LogP contribution in [0.3, 0.4) is 0 Å². The molecule has 0 aromatic carbocycles. The van der Waals surface area contributed by atoms with Crippen LogP contribution in [0.15, 0.2) is 0 Å². The Morgan fingerprint density at radius 1 is 1.35 bits per heavy atom. The normalized spacial score (nSPS) is 21.4. The average molecular weight is 244 g/mol. The standard InChI is InChI=1S/C13H28N2O2/c1-4-8-15(11-13(16-2)17-3)10-12-6-5-7-14-9-12/h12-14H,4-11H2,1-3H3. The molecule has 0 bridgehead atoms. The van der Waals surface area contributed by atoms with Crippen molar-refractivity contribution in [1.82, 2.24) is 10.2 Å². The number of hydrogen-bond donors (Lipinski definition) is 1. The molecule has 1 rings (SSSR count). The van der Waals surface area contributed by atoms with Gasteiger partial charge in [-0.1, -0.05) is 6.92 Å². The lowest BCUT2D eigenvalue weighted by atomic mass is 9.99. The van der Waals surface area contributed by atoms with Crippen LogP contribution in [-0.2, 0) is 9.47 Å². The Morgan fingerprint density at radius 3 is 2.65 bits per heavy atom. The molecule has 1 saturated heterocycles. The van der Waals surface area contributed by atoms with Crippen molar-refractivity contribution in [2.24, 2.45) is 5.92 Å². The van der Waals surface area contributed by atoms with Gasteiger partial charge in [0.1, 0.15) is 0 Å². The van der Waals surface area contributed by atoms with E-state index >= 15 is 0 Å². The summed E-state index contributed by atoms with van der Waals surface area (Å²) in [5, 5.41) is 3.47. The van der Waals surface area contributed by atoms with E-state index in [1.807, 2.05) is 0 Å². The van der Waals surface area contributed by atoms with Gasteiger partial charge in [0.2, 0.25) is 0 Å². The van der Waals surface area contributed by atoms with Crippen molar-refractivity contribution in [2.45, 2.75) is 32.5 Å². The summed E-state index contributed by atoms with van der Waals surface area (Å²) in [6.45, 7) is 7.72. The fourth-order valence-electron chi connectivity index (χ4n) is 2.47. The molecule has 0 amide bonds. The van der Waals surface area contributed by atoms with Gasteiger partial charge in [-0.3, -0.25) is 4.90 Å². The lowest BCUT2D eigenvalue weighted by Crippen LogP contribution is -2.42. The van der Waals surface area contributed by atoms with E-state index in [1.165, 1.54) is 25.8 Å². The third-order valence-corrected chi connectivity index (χ3v) is 3.39. The first-order chi connectivity index (χ1) is 8.30. The van der Waals surface area contributed by atoms with Crippen LogP contribution < -0.4 is 5.32 Å². The number of methoxy groups -OCH3 is 2. The molecule has 1 N–H and O–H groups in total. The predicted molar refractivity (Wildman–Crippen MR) is 70.1 cm³/mol. The zero-order valence-corrected chi connectivity index (χ0v) is 11.6. The number of nitrogens with one attached hydrogen (secondary N) is 1. The minimum absolute atomic E-state index is 0.0990. The maximum atomic E-state index is 5.29. The van der Waals surface area contributed by atoms with Crippen molar-refractivity contribution in [3.8, 4) is 0 Å². The Labute approximate surface area is 106 Å². The molecule has 17 heavy (non-hydrogen) atoms. The smallest absolute Gasteiger partial charge is 0.169 e. The minimum atomic E-state index is -0.0990. The molecule has 1 aliphatic rings. The van der Waals surface area contributed by atoms with E-state index in [9.17, 15) is 0 Å². The minimum Gasteiger partial charge on any atom is -0.355 e. The summed E-state index contributed by atoms with van der Waals surface area (Å²) in [7, 11) is 3.42. The van der Waals surface area contributed by atoms with Gasteiger partial charge < -0.3 is 14.8 Å². The molecule has 102 valence electrons. The van der Waals surface area contributed by atoms with Gasteiger partial charge >= 0.3 is 0 Å². The van der Waals surface area contributed by atoms with Gasteiger partial charge in [-0.05, 0) is 44.8 Å². The molecule has 0 saturated carbocycles. The third kappa shape index (κ3) is 5.82. The zero-order chi connectivity index (χ0) is 12.5. The Hall–Kier alpha value is -0.160. The Morgan fingerprint density at radius 2 is 2.12 bits per heavy atom. The second-order valence-electron chi connectivity index (χ2n) is 4.87. The quantitative estimate of drug-likeness (QED) is 0.653. The topological polar surface area (TPSA) is 33.7 Å². The fraction of sp³-hybridized carbons (Fsp3) is 1.00. The number of piperidine rings is 1. The van der Waals surface area contributed by atoms with Crippen molar-refractivity contribution in [2.75, 3.05) is 46.9 Å². The van der Waals surface area contributed by atoms with Gasteiger partial charge in [-0.2, -0.15) is 0 Å². The van der Waals surface area contributed by atoms with Crippen LogP contribution in [0.5, 0.6) is 0 Å². The van der Waals surface area contributed by atoms with Crippen LogP contribution >= 0.6 is 0 Å². The summed E-state index contributed by atoms with van der Waals surface area (Å²) < 4.78 is 10.6. The van der Waals surface area contributed by atoms with Crippen LogP contribution in [-0.4, -0.2) is 58.1 Å². The number of hydrogen-bond acceptors (Lipinski definition) is 4. The van der Waals surface area contributed by atoms with Crippen molar-refractivity contribution in [3.63, 3.8) is 0 Å². The fourth-order valence-corrected chi connectivity index (χ4v) is 2.47. The van der Waals surface area contributed by atoms with E-state index in [2.05, 4.69) is 17.1 Å². The maximum Gasteiger partial charge on any atom is 0.169 e. The van der Waals surface area contributed by atoms with Crippen LogP contribution in [0.25, 0.3) is 0 Å². The van der Waals surface area contributed by atoms with E-state index in [4.69, 9.17) is 9.47 Å². The molecule has 1 atom stereocenters.